The standard InChI is InChI=1S/C18H21ClIN3/c1-12(23(2)17(19)21)18-8-9-22-16(18)10-14(15(20)11-18)13-6-4-3-5-7-13/h3-9,12,16,21-22H,10-11H2,1-2H3/t12-,16?,18-/m1/s1. The fourth-order valence-corrected chi connectivity index (χ4v) is 5.07. The highest BCUT2D eigenvalue weighted by atomic mass is 127. The van der Waals surface area contributed by atoms with Gasteiger partial charge in [-0.15, -0.1) is 0 Å². The zero-order chi connectivity index (χ0) is 16.6. The Bertz CT molecular complexity index is 670. The second-order valence-electron chi connectivity index (χ2n) is 6.37. The number of halogens is 2. The maximum atomic E-state index is 7.75. The van der Waals surface area contributed by atoms with E-state index in [-0.39, 0.29) is 16.8 Å². The lowest BCUT2D eigenvalue weighted by Gasteiger charge is -2.46. The van der Waals surface area contributed by atoms with E-state index in [1.807, 2.05) is 11.9 Å². The second-order valence-corrected chi connectivity index (χ2v) is 8.03. The van der Waals surface area contributed by atoms with Crippen LogP contribution in [0, 0.1) is 10.8 Å². The summed E-state index contributed by atoms with van der Waals surface area (Å²) in [5.41, 5.74) is 2.72. The van der Waals surface area contributed by atoms with E-state index in [1.54, 1.807) is 0 Å². The van der Waals surface area contributed by atoms with Crippen molar-refractivity contribution >= 4 is 45.1 Å². The van der Waals surface area contributed by atoms with Crippen LogP contribution in [0.5, 0.6) is 0 Å². The minimum Gasteiger partial charge on any atom is -0.387 e. The molecule has 0 bridgehead atoms. The Morgan fingerprint density at radius 2 is 2.13 bits per heavy atom. The molecule has 3 atom stereocenters. The van der Waals surface area contributed by atoms with E-state index in [0.717, 1.165) is 12.8 Å². The van der Waals surface area contributed by atoms with Gasteiger partial charge >= 0.3 is 0 Å². The predicted octanol–water partition coefficient (Wildman–Crippen LogP) is 4.59. The fourth-order valence-electron chi connectivity index (χ4n) is 3.73. The third-order valence-electron chi connectivity index (χ3n) is 5.33. The smallest absolute Gasteiger partial charge is 0.191 e. The summed E-state index contributed by atoms with van der Waals surface area (Å²) in [4.78, 5) is 1.86. The lowest BCUT2D eigenvalue weighted by atomic mass is 9.67. The largest absolute Gasteiger partial charge is 0.387 e. The van der Waals surface area contributed by atoms with E-state index in [2.05, 4.69) is 77.4 Å². The van der Waals surface area contributed by atoms with Crippen molar-refractivity contribution in [2.75, 3.05) is 7.05 Å². The highest BCUT2D eigenvalue weighted by Gasteiger charge is 2.49. The fraction of sp³-hybridized carbons (Fsp3) is 0.389. The molecule has 3 nitrogen and oxygen atoms in total. The molecule has 3 rings (SSSR count). The van der Waals surface area contributed by atoms with Gasteiger partial charge in [-0.05, 0) is 74.9 Å². The molecule has 0 spiro atoms. The number of amidine groups is 1. The zero-order valence-corrected chi connectivity index (χ0v) is 16.2. The summed E-state index contributed by atoms with van der Waals surface area (Å²) in [5, 5.41) is 11.4. The van der Waals surface area contributed by atoms with Gasteiger partial charge in [0.25, 0.3) is 0 Å². The number of nitrogens with one attached hydrogen (secondary N) is 2. The van der Waals surface area contributed by atoms with E-state index in [0.29, 0.717) is 6.04 Å². The molecule has 1 aromatic carbocycles. The SMILES string of the molecule is C[C@@H](N(C)C(=N)Cl)[C@]12C=CNC1CC(c1ccccc1)=C(I)C2. The number of allylic oxidation sites excluding steroid dienone is 1. The van der Waals surface area contributed by atoms with Crippen molar-refractivity contribution in [1.82, 2.24) is 10.2 Å². The number of benzene rings is 1. The van der Waals surface area contributed by atoms with Gasteiger partial charge in [-0.25, -0.2) is 0 Å². The first kappa shape index (κ1) is 16.8. The number of rotatable bonds is 3. The lowest BCUT2D eigenvalue weighted by molar-refractivity contribution is 0.161. The van der Waals surface area contributed by atoms with Gasteiger partial charge in [-0.1, -0.05) is 36.4 Å². The Kier molecular flexibility index (Phi) is 4.74. The molecule has 0 fully saturated rings. The predicted molar refractivity (Wildman–Crippen MR) is 106 cm³/mol. The van der Waals surface area contributed by atoms with Crippen molar-refractivity contribution in [1.29, 1.82) is 5.41 Å². The Hall–Kier alpha value is -1.01. The molecule has 1 heterocycles. The molecule has 0 saturated carbocycles. The molecule has 0 aromatic heterocycles. The maximum absolute atomic E-state index is 7.75. The summed E-state index contributed by atoms with van der Waals surface area (Å²) in [6.07, 6.45) is 6.31. The molecule has 1 aromatic rings. The molecule has 1 unspecified atom stereocenters. The average Bonchev–Trinajstić information content (AvgIpc) is 2.97. The van der Waals surface area contributed by atoms with Crippen LogP contribution in [0.2, 0.25) is 0 Å². The molecule has 0 saturated heterocycles. The van der Waals surface area contributed by atoms with Crippen LogP contribution >= 0.6 is 34.2 Å². The van der Waals surface area contributed by atoms with Crippen molar-refractivity contribution in [2.24, 2.45) is 5.41 Å². The molecule has 2 aliphatic rings. The first-order chi connectivity index (χ1) is 11.0. The summed E-state index contributed by atoms with van der Waals surface area (Å²) in [7, 11) is 1.90. The highest BCUT2D eigenvalue weighted by Crippen LogP contribution is 2.51. The third-order valence-corrected chi connectivity index (χ3v) is 6.63. The summed E-state index contributed by atoms with van der Waals surface area (Å²) in [6.45, 7) is 2.17. The van der Waals surface area contributed by atoms with Crippen LogP contribution in [0.25, 0.3) is 5.57 Å². The van der Waals surface area contributed by atoms with Gasteiger partial charge in [-0.2, -0.15) is 0 Å². The molecule has 1 aliphatic heterocycles. The van der Waals surface area contributed by atoms with Crippen molar-refractivity contribution in [2.45, 2.75) is 31.8 Å². The number of fused-ring (bicyclic) bond motifs is 1. The third kappa shape index (κ3) is 2.91. The van der Waals surface area contributed by atoms with Gasteiger partial charge in [0, 0.05) is 24.5 Å². The van der Waals surface area contributed by atoms with E-state index in [9.17, 15) is 0 Å². The van der Waals surface area contributed by atoms with E-state index >= 15 is 0 Å². The van der Waals surface area contributed by atoms with Gasteiger partial charge in [-0.3, -0.25) is 5.41 Å². The monoisotopic (exact) mass is 441 g/mol. The summed E-state index contributed by atoms with van der Waals surface area (Å²) >= 11 is 8.44. The molecule has 122 valence electrons. The van der Waals surface area contributed by atoms with Gasteiger partial charge in [0.15, 0.2) is 5.29 Å². The Balaban J connectivity index is 1.96. The molecule has 0 amide bonds. The van der Waals surface area contributed by atoms with Gasteiger partial charge in [0.05, 0.1) is 0 Å². The number of hydrogen-bond acceptors (Lipinski definition) is 2. The van der Waals surface area contributed by atoms with Crippen LogP contribution in [-0.4, -0.2) is 29.3 Å². The molecule has 23 heavy (non-hydrogen) atoms. The average molecular weight is 442 g/mol. The summed E-state index contributed by atoms with van der Waals surface area (Å²) in [5.74, 6) is 0. The van der Waals surface area contributed by atoms with Crippen LogP contribution < -0.4 is 5.32 Å². The van der Waals surface area contributed by atoms with Crippen molar-refractivity contribution in [3.8, 4) is 0 Å². The van der Waals surface area contributed by atoms with Crippen molar-refractivity contribution < 1.29 is 0 Å². The normalized spacial score (nSPS) is 27.4. The summed E-state index contributed by atoms with van der Waals surface area (Å²) in [6, 6.07) is 11.1. The minimum atomic E-state index is -0.0231. The highest BCUT2D eigenvalue weighted by molar-refractivity contribution is 14.1. The first-order valence-electron chi connectivity index (χ1n) is 7.79. The molecular weight excluding hydrogens is 421 g/mol. The molecule has 5 heteroatoms. The molecule has 1 aliphatic carbocycles. The number of hydrogen-bond donors (Lipinski definition) is 2. The molecular formula is C18H21ClIN3. The quantitative estimate of drug-likeness (QED) is 0.312. The van der Waals surface area contributed by atoms with E-state index < -0.39 is 0 Å². The molecule has 0 radical (unpaired) electrons. The zero-order valence-electron chi connectivity index (χ0n) is 13.3. The Morgan fingerprint density at radius 1 is 1.43 bits per heavy atom. The van der Waals surface area contributed by atoms with Crippen LogP contribution in [-0.2, 0) is 0 Å². The van der Waals surface area contributed by atoms with Crippen molar-refractivity contribution in [3.05, 3.63) is 51.8 Å². The maximum Gasteiger partial charge on any atom is 0.191 e. The Morgan fingerprint density at radius 3 is 2.78 bits per heavy atom. The molecule has 2 N–H and O–H groups in total. The van der Waals surface area contributed by atoms with Crippen LogP contribution in [0.1, 0.15) is 25.3 Å². The van der Waals surface area contributed by atoms with E-state index in [4.69, 9.17) is 17.0 Å². The van der Waals surface area contributed by atoms with Crippen LogP contribution in [0.3, 0.4) is 0 Å². The van der Waals surface area contributed by atoms with Crippen molar-refractivity contribution in [3.63, 3.8) is 0 Å². The van der Waals surface area contributed by atoms with Crippen LogP contribution in [0.15, 0.2) is 46.2 Å². The van der Waals surface area contributed by atoms with Gasteiger partial charge < -0.3 is 10.2 Å². The Labute approximate surface area is 156 Å². The summed E-state index contributed by atoms with van der Waals surface area (Å²) < 4.78 is 1.40. The first-order valence-corrected chi connectivity index (χ1v) is 9.25. The number of nitrogens with zero attached hydrogens (tertiary/aromatic N) is 1. The van der Waals surface area contributed by atoms with Gasteiger partial charge in [0.2, 0.25) is 0 Å². The second kappa shape index (κ2) is 6.48. The van der Waals surface area contributed by atoms with Gasteiger partial charge in [0.1, 0.15) is 0 Å². The minimum absolute atomic E-state index is 0.0231. The lowest BCUT2D eigenvalue weighted by Crippen LogP contribution is -2.53. The topological polar surface area (TPSA) is 39.1 Å². The van der Waals surface area contributed by atoms with E-state index in [1.165, 1.54) is 14.7 Å². The van der Waals surface area contributed by atoms with Crippen LogP contribution in [0.4, 0.5) is 0 Å².